The Morgan fingerprint density at radius 3 is 2.54 bits per heavy atom. The van der Waals surface area contributed by atoms with Crippen LogP contribution in [0, 0.1) is 12.7 Å². The molecule has 1 N–H and O–H groups in total. The standard InChI is InChI=1S/C16H13BFNO4S/c1-9-6-10(17)2-5-15(9)24(22,23)19-8-13(16(20)21)12-7-11(18)3-4-14(12)19/h2-8H,17H2,1H3,(H,20,21). The Hall–Kier alpha value is -2.61. The highest BCUT2D eigenvalue weighted by molar-refractivity contribution is 7.90. The van der Waals surface area contributed by atoms with Gasteiger partial charge in [-0.3, -0.25) is 0 Å². The van der Waals surface area contributed by atoms with E-state index in [0.29, 0.717) is 5.56 Å². The third-order valence-corrected chi connectivity index (χ3v) is 5.66. The van der Waals surface area contributed by atoms with Crippen LogP contribution in [0.25, 0.3) is 10.9 Å². The molecule has 0 aliphatic heterocycles. The number of aromatic carboxylic acids is 1. The fraction of sp³-hybridized carbons (Fsp3) is 0.0625. The van der Waals surface area contributed by atoms with Crippen molar-refractivity contribution in [1.82, 2.24) is 3.97 Å². The lowest BCUT2D eigenvalue weighted by molar-refractivity contribution is 0.0699. The van der Waals surface area contributed by atoms with E-state index in [-0.39, 0.29) is 21.4 Å². The number of carboxylic acid groups (broad SMARTS) is 1. The topological polar surface area (TPSA) is 76.4 Å². The maximum atomic E-state index is 13.5. The van der Waals surface area contributed by atoms with Crippen LogP contribution in [-0.2, 0) is 10.0 Å². The molecule has 122 valence electrons. The summed E-state index contributed by atoms with van der Waals surface area (Å²) >= 11 is 0. The van der Waals surface area contributed by atoms with E-state index < -0.39 is 21.8 Å². The first kappa shape index (κ1) is 16.3. The molecule has 0 saturated carbocycles. The first-order valence-corrected chi connectivity index (χ1v) is 8.52. The van der Waals surface area contributed by atoms with Crippen LogP contribution in [0.15, 0.2) is 47.5 Å². The Kier molecular flexibility index (Phi) is 3.72. The minimum Gasteiger partial charge on any atom is -0.478 e. The van der Waals surface area contributed by atoms with E-state index >= 15 is 0 Å². The van der Waals surface area contributed by atoms with Gasteiger partial charge in [0.05, 0.1) is 16.0 Å². The quantitative estimate of drug-likeness (QED) is 0.726. The van der Waals surface area contributed by atoms with Crippen molar-refractivity contribution < 1.29 is 22.7 Å². The van der Waals surface area contributed by atoms with Gasteiger partial charge in [-0.15, -0.1) is 0 Å². The molecule has 1 heterocycles. The number of rotatable bonds is 3. The van der Waals surface area contributed by atoms with Gasteiger partial charge in [0.2, 0.25) is 0 Å². The summed E-state index contributed by atoms with van der Waals surface area (Å²) in [6.07, 6.45) is 1.01. The van der Waals surface area contributed by atoms with Crippen LogP contribution in [0.1, 0.15) is 15.9 Å². The fourth-order valence-electron chi connectivity index (χ4n) is 2.74. The predicted molar refractivity (Wildman–Crippen MR) is 90.8 cm³/mol. The van der Waals surface area contributed by atoms with Crippen molar-refractivity contribution in [2.45, 2.75) is 11.8 Å². The highest BCUT2D eigenvalue weighted by Gasteiger charge is 2.25. The molecule has 24 heavy (non-hydrogen) atoms. The third-order valence-electron chi connectivity index (χ3n) is 3.83. The average molecular weight is 345 g/mol. The Morgan fingerprint density at radius 2 is 1.92 bits per heavy atom. The van der Waals surface area contributed by atoms with Crippen molar-refractivity contribution in [3.63, 3.8) is 0 Å². The van der Waals surface area contributed by atoms with E-state index in [1.807, 2.05) is 7.85 Å². The number of carbonyl (C=O) groups is 1. The Labute approximate surface area is 138 Å². The van der Waals surface area contributed by atoms with Crippen LogP contribution >= 0.6 is 0 Å². The number of aromatic nitrogens is 1. The number of hydrogen-bond donors (Lipinski definition) is 1. The van der Waals surface area contributed by atoms with Gasteiger partial charge < -0.3 is 5.11 Å². The monoisotopic (exact) mass is 345 g/mol. The van der Waals surface area contributed by atoms with Crippen LogP contribution < -0.4 is 5.46 Å². The SMILES string of the molecule is Bc1ccc(S(=O)(=O)n2cc(C(=O)O)c3cc(F)ccc32)c(C)c1. The smallest absolute Gasteiger partial charge is 0.337 e. The lowest BCUT2D eigenvalue weighted by Crippen LogP contribution is -2.15. The number of carboxylic acids is 1. The van der Waals surface area contributed by atoms with E-state index in [1.165, 1.54) is 12.1 Å². The molecule has 0 amide bonds. The maximum absolute atomic E-state index is 13.5. The van der Waals surface area contributed by atoms with Crippen molar-refractivity contribution in [2.75, 3.05) is 0 Å². The van der Waals surface area contributed by atoms with Crippen molar-refractivity contribution >= 4 is 40.2 Å². The van der Waals surface area contributed by atoms with Gasteiger partial charge >= 0.3 is 5.97 Å². The van der Waals surface area contributed by atoms with Crippen molar-refractivity contribution in [3.05, 3.63) is 59.5 Å². The molecule has 1 aromatic heterocycles. The normalized spacial score (nSPS) is 11.8. The van der Waals surface area contributed by atoms with Crippen LogP contribution in [0.2, 0.25) is 0 Å². The highest BCUT2D eigenvalue weighted by Crippen LogP contribution is 2.27. The number of fused-ring (bicyclic) bond motifs is 1. The molecule has 5 nitrogen and oxygen atoms in total. The molecule has 0 saturated heterocycles. The first-order chi connectivity index (χ1) is 11.2. The van der Waals surface area contributed by atoms with Gasteiger partial charge in [0.25, 0.3) is 10.0 Å². The van der Waals surface area contributed by atoms with Gasteiger partial charge in [0.15, 0.2) is 0 Å². The van der Waals surface area contributed by atoms with Crippen LogP contribution in [0.4, 0.5) is 4.39 Å². The first-order valence-electron chi connectivity index (χ1n) is 7.08. The van der Waals surface area contributed by atoms with Gasteiger partial charge in [0, 0.05) is 11.6 Å². The molecule has 0 spiro atoms. The largest absolute Gasteiger partial charge is 0.478 e. The number of halogens is 1. The molecule has 0 bridgehead atoms. The molecule has 0 fully saturated rings. The summed E-state index contributed by atoms with van der Waals surface area (Å²) in [5.41, 5.74) is 1.32. The molecular weight excluding hydrogens is 332 g/mol. The molecule has 0 aliphatic rings. The van der Waals surface area contributed by atoms with Crippen molar-refractivity contribution in [2.24, 2.45) is 0 Å². The van der Waals surface area contributed by atoms with Crippen molar-refractivity contribution in [1.29, 1.82) is 0 Å². The van der Waals surface area contributed by atoms with Crippen molar-refractivity contribution in [3.8, 4) is 0 Å². The molecular formula is C16H13BFNO4S. The average Bonchev–Trinajstić information content (AvgIpc) is 2.86. The molecule has 0 unspecified atom stereocenters. The van der Waals surface area contributed by atoms with Gasteiger partial charge in [-0.1, -0.05) is 17.6 Å². The van der Waals surface area contributed by atoms with Gasteiger partial charge in [-0.25, -0.2) is 21.6 Å². The molecule has 3 rings (SSSR count). The van der Waals surface area contributed by atoms with E-state index in [2.05, 4.69) is 0 Å². The molecule has 3 aromatic rings. The summed E-state index contributed by atoms with van der Waals surface area (Å²) in [6.45, 7) is 1.67. The zero-order chi connectivity index (χ0) is 17.6. The Bertz CT molecular complexity index is 1090. The van der Waals surface area contributed by atoms with Crippen LogP contribution in [0.3, 0.4) is 0 Å². The molecule has 0 aliphatic carbocycles. The summed E-state index contributed by atoms with van der Waals surface area (Å²) < 4.78 is 40.3. The van der Waals surface area contributed by atoms with E-state index in [0.717, 1.165) is 27.8 Å². The summed E-state index contributed by atoms with van der Waals surface area (Å²) in [4.78, 5) is 11.5. The molecule has 8 heteroatoms. The van der Waals surface area contributed by atoms with E-state index in [4.69, 9.17) is 0 Å². The van der Waals surface area contributed by atoms with Crippen LogP contribution in [0.5, 0.6) is 0 Å². The minimum absolute atomic E-state index is 0.0378. The zero-order valence-electron chi connectivity index (χ0n) is 12.9. The minimum atomic E-state index is -4.01. The second-order valence-electron chi connectivity index (χ2n) is 5.58. The maximum Gasteiger partial charge on any atom is 0.337 e. The highest BCUT2D eigenvalue weighted by atomic mass is 32.2. The fourth-order valence-corrected chi connectivity index (χ4v) is 4.32. The summed E-state index contributed by atoms with van der Waals surface area (Å²) in [6, 6.07) is 8.27. The summed E-state index contributed by atoms with van der Waals surface area (Å²) in [5.74, 6) is -1.95. The number of nitrogens with zero attached hydrogens (tertiary/aromatic N) is 1. The van der Waals surface area contributed by atoms with E-state index in [9.17, 15) is 22.7 Å². The lowest BCUT2D eigenvalue weighted by Gasteiger charge is -2.10. The van der Waals surface area contributed by atoms with Crippen LogP contribution in [-0.4, -0.2) is 31.3 Å². The van der Waals surface area contributed by atoms with Gasteiger partial charge in [-0.05, 0) is 36.8 Å². The third kappa shape index (κ3) is 2.48. The second-order valence-corrected chi connectivity index (χ2v) is 7.36. The predicted octanol–water partition coefficient (Wildman–Crippen LogP) is 1.28. The summed E-state index contributed by atoms with van der Waals surface area (Å²) in [5, 5.41) is 9.32. The number of benzene rings is 2. The molecule has 0 atom stereocenters. The molecule has 0 radical (unpaired) electrons. The lowest BCUT2D eigenvalue weighted by atomic mass is 9.95. The number of aryl methyl sites for hydroxylation is 1. The Balaban J connectivity index is 2.35. The van der Waals surface area contributed by atoms with E-state index in [1.54, 1.807) is 19.1 Å². The Morgan fingerprint density at radius 1 is 1.21 bits per heavy atom. The van der Waals surface area contributed by atoms with Gasteiger partial charge in [-0.2, -0.15) is 0 Å². The summed E-state index contributed by atoms with van der Waals surface area (Å²) in [7, 11) is -2.16. The second kappa shape index (κ2) is 5.49. The molecule has 2 aromatic carbocycles. The zero-order valence-corrected chi connectivity index (χ0v) is 13.8. The number of hydrogen-bond acceptors (Lipinski definition) is 3. The van der Waals surface area contributed by atoms with Gasteiger partial charge in [0.1, 0.15) is 13.7 Å².